The minimum absolute atomic E-state index is 0.103. The molecular formula is C10H10BrF2N. The standard InChI is InChI=1S/C10H10BrF2N/c11-8-2-1-3-9-7(8)6-10(12,13)4-5-14-9/h1-3,14H,4-6H2. The first-order valence-corrected chi connectivity index (χ1v) is 5.27. The zero-order chi connectivity index (χ0) is 10.2. The second-order valence-corrected chi connectivity index (χ2v) is 4.33. The molecule has 76 valence electrons. The molecule has 0 aromatic heterocycles. The minimum Gasteiger partial charge on any atom is -0.385 e. The summed E-state index contributed by atoms with van der Waals surface area (Å²) in [6.07, 6.45) is -0.287. The molecule has 1 aliphatic rings. The van der Waals surface area contributed by atoms with Gasteiger partial charge in [-0.15, -0.1) is 0 Å². The normalized spacial score (nSPS) is 19.4. The highest BCUT2D eigenvalue weighted by Gasteiger charge is 2.32. The molecule has 0 unspecified atom stereocenters. The van der Waals surface area contributed by atoms with E-state index in [-0.39, 0.29) is 12.8 Å². The van der Waals surface area contributed by atoms with E-state index in [9.17, 15) is 8.78 Å². The fraction of sp³-hybridized carbons (Fsp3) is 0.400. The van der Waals surface area contributed by atoms with Crippen molar-refractivity contribution in [2.45, 2.75) is 18.8 Å². The second kappa shape index (κ2) is 3.50. The van der Waals surface area contributed by atoms with Gasteiger partial charge in [-0.05, 0) is 17.7 Å². The SMILES string of the molecule is FC1(F)CCNc2cccc(Br)c2C1. The Morgan fingerprint density at radius 2 is 2.14 bits per heavy atom. The average molecular weight is 262 g/mol. The maximum atomic E-state index is 13.3. The van der Waals surface area contributed by atoms with Crippen molar-refractivity contribution in [3.05, 3.63) is 28.2 Å². The summed E-state index contributed by atoms with van der Waals surface area (Å²) < 4.78 is 27.3. The smallest absolute Gasteiger partial charge is 0.253 e. The molecule has 0 bridgehead atoms. The second-order valence-electron chi connectivity index (χ2n) is 3.48. The van der Waals surface area contributed by atoms with Gasteiger partial charge in [0, 0.05) is 29.5 Å². The molecule has 1 nitrogen and oxygen atoms in total. The highest BCUT2D eigenvalue weighted by atomic mass is 79.9. The van der Waals surface area contributed by atoms with Crippen LogP contribution in [0.4, 0.5) is 14.5 Å². The van der Waals surface area contributed by atoms with Crippen LogP contribution in [0.25, 0.3) is 0 Å². The van der Waals surface area contributed by atoms with E-state index in [1.165, 1.54) is 0 Å². The molecule has 1 aromatic rings. The van der Waals surface area contributed by atoms with Crippen LogP contribution in [-0.2, 0) is 6.42 Å². The van der Waals surface area contributed by atoms with Crippen LogP contribution in [0.5, 0.6) is 0 Å². The van der Waals surface area contributed by atoms with Crippen molar-refractivity contribution < 1.29 is 8.78 Å². The van der Waals surface area contributed by atoms with Crippen LogP contribution in [-0.4, -0.2) is 12.5 Å². The predicted molar refractivity (Wildman–Crippen MR) is 55.9 cm³/mol. The van der Waals surface area contributed by atoms with Gasteiger partial charge in [0.05, 0.1) is 0 Å². The fourth-order valence-electron chi connectivity index (χ4n) is 1.63. The Morgan fingerprint density at radius 3 is 2.93 bits per heavy atom. The minimum atomic E-state index is -2.60. The topological polar surface area (TPSA) is 12.0 Å². The number of nitrogens with one attached hydrogen (secondary N) is 1. The Hall–Kier alpha value is -0.640. The van der Waals surface area contributed by atoms with Gasteiger partial charge < -0.3 is 5.32 Å². The van der Waals surface area contributed by atoms with E-state index in [4.69, 9.17) is 0 Å². The van der Waals surface area contributed by atoms with Gasteiger partial charge in [0.1, 0.15) is 0 Å². The van der Waals surface area contributed by atoms with Gasteiger partial charge in [-0.2, -0.15) is 0 Å². The highest BCUT2D eigenvalue weighted by molar-refractivity contribution is 9.10. The highest BCUT2D eigenvalue weighted by Crippen LogP contribution is 2.34. The summed E-state index contributed by atoms with van der Waals surface area (Å²) >= 11 is 3.30. The summed E-state index contributed by atoms with van der Waals surface area (Å²) in [6, 6.07) is 5.47. The van der Waals surface area contributed by atoms with Crippen molar-refractivity contribution >= 4 is 21.6 Å². The number of benzene rings is 1. The van der Waals surface area contributed by atoms with Crippen LogP contribution in [0.15, 0.2) is 22.7 Å². The van der Waals surface area contributed by atoms with Crippen molar-refractivity contribution in [3.8, 4) is 0 Å². The van der Waals surface area contributed by atoms with E-state index in [1.807, 2.05) is 12.1 Å². The van der Waals surface area contributed by atoms with Crippen LogP contribution in [0.2, 0.25) is 0 Å². The maximum absolute atomic E-state index is 13.3. The van der Waals surface area contributed by atoms with Crippen LogP contribution < -0.4 is 5.32 Å². The number of rotatable bonds is 0. The fourth-order valence-corrected chi connectivity index (χ4v) is 2.14. The van der Waals surface area contributed by atoms with Crippen LogP contribution >= 0.6 is 15.9 Å². The van der Waals surface area contributed by atoms with Gasteiger partial charge in [-0.25, -0.2) is 8.78 Å². The Labute approximate surface area is 89.6 Å². The van der Waals surface area contributed by atoms with Crippen molar-refractivity contribution in [1.29, 1.82) is 0 Å². The third-order valence-corrected chi connectivity index (χ3v) is 3.10. The molecule has 0 radical (unpaired) electrons. The maximum Gasteiger partial charge on any atom is 0.253 e. The van der Waals surface area contributed by atoms with E-state index in [0.29, 0.717) is 12.1 Å². The Kier molecular flexibility index (Phi) is 2.47. The van der Waals surface area contributed by atoms with Gasteiger partial charge in [0.25, 0.3) is 5.92 Å². The molecule has 1 N–H and O–H groups in total. The van der Waals surface area contributed by atoms with Gasteiger partial charge in [-0.3, -0.25) is 0 Å². The third-order valence-electron chi connectivity index (χ3n) is 2.36. The Morgan fingerprint density at radius 1 is 1.36 bits per heavy atom. The number of alkyl halides is 2. The monoisotopic (exact) mass is 261 g/mol. The number of halogens is 3. The molecule has 0 saturated carbocycles. The number of fused-ring (bicyclic) bond motifs is 1. The van der Waals surface area contributed by atoms with Crippen molar-refractivity contribution in [1.82, 2.24) is 0 Å². The van der Waals surface area contributed by atoms with Crippen molar-refractivity contribution in [2.24, 2.45) is 0 Å². The molecule has 1 aromatic carbocycles. The molecule has 4 heteroatoms. The first kappa shape index (κ1) is 9.90. The molecule has 0 saturated heterocycles. The molecule has 0 spiro atoms. The van der Waals surface area contributed by atoms with Crippen LogP contribution in [0.1, 0.15) is 12.0 Å². The molecule has 2 rings (SSSR count). The quantitative estimate of drug-likeness (QED) is 0.755. The Bertz CT molecular complexity index is 352. The lowest BCUT2D eigenvalue weighted by Gasteiger charge is -2.13. The largest absolute Gasteiger partial charge is 0.385 e. The summed E-state index contributed by atoms with van der Waals surface area (Å²) in [6.45, 7) is 0.330. The number of hydrogen-bond donors (Lipinski definition) is 1. The summed E-state index contributed by atoms with van der Waals surface area (Å²) in [7, 11) is 0. The lowest BCUT2D eigenvalue weighted by Crippen LogP contribution is -2.20. The van der Waals surface area contributed by atoms with Crippen molar-refractivity contribution in [3.63, 3.8) is 0 Å². The summed E-state index contributed by atoms with van der Waals surface area (Å²) in [5, 5.41) is 3.01. The number of hydrogen-bond acceptors (Lipinski definition) is 1. The first-order valence-electron chi connectivity index (χ1n) is 4.48. The molecule has 1 aliphatic heterocycles. The van der Waals surface area contributed by atoms with Gasteiger partial charge in [0.2, 0.25) is 0 Å². The molecule has 0 fully saturated rings. The molecule has 0 atom stereocenters. The van der Waals surface area contributed by atoms with Crippen LogP contribution in [0, 0.1) is 0 Å². The van der Waals surface area contributed by atoms with E-state index in [0.717, 1.165) is 10.2 Å². The molecular weight excluding hydrogens is 252 g/mol. The first-order chi connectivity index (χ1) is 6.58. The summed E-state index contributed by atoms with van der Waals surface area (Å²) in [4.78, 5) is 0. The molecule has 1 heterocycles. The van der Waals surface area contributed by atoms with E-state index in [2.05, 4.69) is 21.2 Å². The van der Waals surface area contributed by atoms with Gasteiger partial charge in [0.15, 0.2) is 0 Å². The predicted octanol–water partition coefficient (Wildman–Crippen LogP) is 3.44. The van der Waals surface area contributed by atoms with Gasteiger partial charge in [-0.1, -0.05) is 22.0 Å². The molecule has 14 heavy (non-hydrogen) atoms. The zero-order valence-electron chi connectivity index (χ0n) is 7.49. The zero-order valence-corrected chi connectivity index (χ0v) is 9.07. The van der Waals surface area contributed by atoms with E-state index < -0.39 is 5.92 Å². The Balaban J connectivity index is 2.43. The summed E-state index contributed by atoms with van der Waals surface area (Å²) in [5.74, 6) is -2.60. The molecule has 0 aliphatic carbocycles. The summed E-state index contributed by atoms with van der Waals surface area (Å²) in [5.41, 5.74) is 1.49. The van der Waals surface area contributed by atoms with Crippen LogP contribution in [0.3, 0.4) is 0 Å². The van der Waals surface area contributed by atoms with E-state index >= 15 is 0 Å². The third kappa shape index (κ3) is 1.90. The lowest BCUT2D eigenvalue weighted by molar-refractivity contribution is -0.00209. The lowest BCUT2D eigenvalue weighted by atomic mass is 10.1. The van der Waals surface area contributed by atoms with Gasteiger partial charge >= 0.3 is 0 Å². The molecule has 0 amide bonds. The average Bonchev–Trinajstić information content (AvgIpc) is 2.24. The van der Waals surface area contributed by atoms with E-state index in [1.54, 1.807) is 6.07 Å². The van der Waals surface area contributed by atoms with Crippen molar-refractivity contribution in [2.75, 3.05) is 11.9 Å². The number of anilines is 1.